The van der Waals surface area contributed by atoms with Gasteiger partial charge in [-0.05, 0) is 26.3 Å². The van der Waals surface area contributed by atoms with Crippen LogP contribution in [0.2, 0.25) is 0 Å². The number of hydrogen-bond donors (Lipinski definition) is 2. The van der Waals surface area contributed by atoms with Gasteiger partial charge in [-0.3, -0.25) is 4.79 Å². The minimum Gasteiger partial charge on any atom is -0.333 e. The molecule has 1 atom stereocenters. The van der Waals surface area contributed by atoms with Gasteiger partial charge in [-0.15, -0.1) is 0 Å². The lowest BCUT2D eigenvalue weighted by Gasteiger charge is -2.14. The lowest BCUT2D eigenvalue weighted by atomic mass is 10.2. The van der Waals surface area contributed by atoms with Gasteiger partial charge in [0.1, 0.15) is 5.82 Å². The van der Waals surface area contributed by atoms with Crippen LogP contribution in [0.25, 0.3) is 11.3 Å². The van der Waals surface area contributed by atoms with Crippen molar-refractivity contribution < 1.29 is 4.79 Å². The van der Waals surface area contributed by atoms with E-state index in [2.05, 4.69) is 20.4 Å². The van der Waals surface area contributed by atoms with E-state index in [1.165, 1.54) is 11.8 Å². The number of benzene rings is 1. The van der Waals surface area contributed by atoms with Crippen LogP contribution in [0.1, 0.15) is 26.8 Å². The van der Waals surface area contributed by atoms with E-state index in [-0.39, 0.29) is 17.2 Å². The van der Waals surface area contributed by atoms with Gasteiger partial charge in [0.2, 0.25) is 5.91 Å². The molecule has 0 aliphatic rings. The van der Waals surface area contributed by atoms with Crippen molar-refractivity contribution in [3.63, 3.8) is 0 Å². The number of hydrogen-bond acceptors (Lipinski definition) is 4. The van der Waals surface area contributed by atoms with Gasteiger partial charge in [0.05, 0.1) is 23.3 Å². The Morgan fingerprint density at radius 2 is 1.96 bits per heavy atom. The second-order valence-corrected chi connectivity index (χ2v) is 7.30. The molecule has 3 aromatic rings. The van der Waals surface area contributed by atoms with Crippen molar-refractivity contribution >= 4 is 23.5 Å². The SMILES string of the molecule is CC(Sc1ncc(-c2ccccc2)[nH]1)C(=O)Nc1ccnn1C(C)C. The van der Waals surface area contributed by atoms with Crippen molar-refractivity contribution in [3.8, 4) is 11.3 Å². The molecule has 1 unspecified atom stereocenters. The normalized spacial score (nSPS) is 12.3. The highest BCUT2D eigenvalue weighted by molar-refractivity contribution is 8.00. The molecule has 6 nitrogen and oxygen atoms in total. The summed E-state index contributed by atoms with van der Waals surface area (Å²) < 4.78 is 1.79. The molecule has 2 heterocycles. The van der Waals surface area contributed by atoms with Crippen molar-refractivity contribution in [2.45, 2.75) is 37.2 Å². The maximum absolute atomic E-state index is 12.5. The number of anilines is 1. The monoisotopic (exact) mass is 355 g/mol. The van der Waals surface area contributed by atoms with Gasteiger partial charge in [-0.1, -0.05) is 42.1 Å². The van der Waals surface area contributed by atoms with E-state index in [0.29, 0.717) is 5.82 Å². The van der Waals surface area contributed by atoms with Gasteiger partial charge >= 0.3 is 0 Å². The van der Waals surface area contributed by atoms with Gasteiger partial charge in [0.25, 0.3) is 0 Å². The minimum absolute atomic E-state index is 0.0786. The summed E-state index contributed by atoms with van der Waals surface area (Å²) in [7, 11) is 0. The highest BCUT2D eigenvalue weighted by Crippen LogP contribution is 2.25. The standard InChI is InChI=1S/C18H21N5OS/c1-12(2)23-16(9-10-20-23)22-17(24)13(3)25-18-19-11-15(21-18)14-7-5-4-6-8-14/h4-13H,1-3H3,(H,19,21)(H,22,24). The largest absolute Gasteiger partial charge is 0.333 e. The molecule has 25 heavy (non-hydrogen) atoms. The molecule has 0 saturated carbocycles. The molecular weight excluding hydrogens is 334 g/mol. The summed E-state index contributed by atoms with van der Waals surface area (Å²) in [6.07, 6.45) is 3.47. The summed E-state index contributed by atoms with van der Waals surface area (Å²) in [6, 6.07) is 12.0. The molecule has 1 aromatic carbocycles. The highest BCUT2D eigenvalue weighted by Gasteiger charge is 2.18. The molecule has 0 aliphatic carbocycles. The van der Waals surface area contributed by atoms with Crippen LogP contribution in [0.3, 0.4) is 0 Å². The first-order valence-electron chi connectivity index (χ1n) is 8.16. The Kier molecular flexibility index (Phi) is 5.23. The zero-order chi connectivity index (χ0) is 17.8. The number of carbonyl (C=O) groups is 1. The predicted octanol–water partition coefficient (Wildman–Crippen LogP) is 3.97. The van der Waals surface area contributed by atoms with Crippen molar-refractivity contribution in [2.75, 3.05) is 5.32 Å². The smallest absolute Gasteiger partial charge is 0.238 e. The number of nitrogens with zero attached hydrogens (tertiary/aromatic N) is 3. The molecule has 1 amide bonds. The first-order chi connectivity index (χ1) is 12.0. The first-order valence-corrected chi connectivity index (χ1v) is 9.04. The summed E-state index contributed by atoms with van der Waals surface area (Å²) >= 11 is 1.39. The van der Waals surface area contributed by atoms with E-state index < -0.39 is 0 Å². The predicted molar refractivity (Wildman–Crippen MR) is 101 cm³/mol. The molecule has 0 fully saturated rings. The molecule has 7 heteroatoms. The van der Waals surface area contributed by atoms with E-state index in [1.54, 1.807) is 23.1 Å². The quantitative estimate of drug-likeness (QED) is 0.656. The van der Waals surface area contributed by atoms with Crippen molar-refractivity contribution in [1.82, 2.24) is 19.7 Å². The minimum atomic E-state index is -0.287. The van der Waals surface area contributed by atoms with Crippen molar-refractivity contribution in [1.29, 1.82) is 0 Å². The van der Waals surface area contributed by atoms with Crippen LogP contribution in [0, 0.1) is 0 Å². The van der Waals surface area contributed by atoms with Gasteiger partial charge in [0, 0.05) is 12.1 Å². The zero-order valence-electron chi connectivity index (χ0n) is 14.4. The highest BCUT2D eigenvalue weighted by atomic mass is 32.2. The molecule has 0 spiro atoms. The fourth-order valence-electron chi connectivity index (χ4n) is 2.40. The number of nitrogens with one attached hydrogen (secondary N) is 2. The number of thioether (sulfide) groups is 1. The number of carbonyl (C=O) groups excluding carboxylic acids is 1. The average Bonchev–Trinajstić information content (AvgIpc) is 3.25. The lowest BCUT2D eigenvalue weighted by molar-refractivity contribution is -0.115. The van der Waals surface area contributed by atoms with E-state index in [1.807, 2.05) is 51.1 Å². The van der Waals surface area contributed by atoms with Crippen LogP contribution in [0.4, 0.5) is 5.82 Å². The van der Waals surface area contributed by atoms with E-state index in [9.17, 15) is 4.79 Å². The van der Waals surface area contributed by atoms with Gasteiger partial charge in [-0.25, -0.2) is 9.67 Å². The molecule has 2 N–H and O–H groups in total. The lowest BCUT2D eigenvalue weighted by Crippen LogP contribution is -2.24. The fraction of sp³-hybridized carbons (Fsp3) is 0.278. The number of aromatic nitrogens is 4. The van der Waals surface area contributed by atoms with E-state index in [4.69, 9.17) is 0 Å². The van der Waals surface area contributed by atoms with Crippen LogP contribution < -0.4 is 5.32 Å². The summed E-state index contributed by atoms with van der Waals surface area (Å²) in [5, 5.41) is 7.59. The van der Waals surface area contributed by atoms with Crippen molar-refractivity contribution in [2.24, 2.45) is 0 Å². The van der Waals surface area contributed by atoms with E-state index >= 15 is 0 Å². The third-order valence-electron chi connectivity index (χ3n) is 3.71. The summed E-state index contributed by atoms with van der Waals surface area (Å²) in [5.74, 6) is 0.627. The Labute approximate surface area is 151 Å². The third kappa shape index (κ3) is 4.11. The third-order valence-corrected chi connectivity index (χ3v) is 4.70. The van der Waals surface area contributed by atoms with Crippen LogP contribution in [0.15, 0.2) is 53.9 Å². The number of H-pyrrole nitrogens is 1. The molecule has 3 rings (SSSR count). The summed E-state index contributed by atoms with van der Waals surface area (Å²) in [5.41, 5.74) is 2.01. The van der Waals surface area contributed by atoms with Crippen LogP contribution in [0.5, 0.6) is 0 Å². The Morgan fingerprint density at radius 3 is 2.68 bits per heavy atom. The first kappa shape index (κ1) is 17.3. The second-order valence-electron chi connectivity index (χ2n) is 5.97. The van der Waals surface area contributed by atoms with Crippen LogP contribution in [-0.4, -0.2) is 30.9 Å². The number of aromatic amines is 1. The Morgan fingerprint density at radius 1 is 1.20 bits per heavy atom. The molecule has 130 valence electrons. The molecule has 0 bridgehead atoms. The topological polar surface area (TPSA) is 75.6 Å². The fourth-order valence-corrected chi connectivity index (χ4v) is 3.18. The average molecular weight is 355 g/mol. The van der Waals surface area contributed by atoms with Gasteiger partial charge in [-0.2, -0.15) is 5.10 Å². The van der Waals surface area contributed by atoms with E-state index in [0.717, 1.165) is 16.4 Å². The summed E-state index contributed by atoms with van der Waals surface area (Å²) in [4.78, 5) is 20.1. The summed E-state index contributed by atoms with van der Waals surface area (Å²) in [6.45, 7) is 5.91. The molecule has 2 aromatic heterocycles. The number of rotatable bonds is 6. The van der Waals surface area contributed by atoms with Gasteiger partial charge < -0.3 is 10.3 Å². The Balaban J connectivity index is 1.64. The van der Waals surface area contributed by atoms with Crippen molar-refractivity contribution in [3.05, 3.63) is 48.8 Å². The molecule has 0 saturated heterocycles. The zero-order valence-corrected chi connectivity index (χ0v) is 15.2. The van der Waals surface area contributed by atoms with Gasteiger partial charge in [0.15, 0.2) is 5.16 Å². The Bertz CT molecular complexity index is 840. The number of imidazole rings is 1. The maximum Gasteiger partial charge on any atom is 0.238 e. The molecule has 0 aliphatic heterocycles. The number of amides is 1. The van der Waals surface area contributed by atoms with Crippen LogP contribution >= 0.6 is 11.8 Å². The maximum atomic E-state index is 12.5. The second kappa shape index (κ2) is 7.57. The molecule has 0 radical (unpaired) electrons. The molecular formula is C18H21N5OS. The van der Waals surface area contributed by atoms with Crippen LogP contribution in [-0.2, 0) is 4.79 Å². The Hall–Kier alpha value is -2.54.